The minimum Gasteiger partial charge on any atom is -0.364 e. The first-order chi connectivity index (χ1) is 6.24. The first-order valence-electron chi connectivity index (χ1n) is 4.72. The minimum absolute atomic E-state index is 0.0498. The standard InChI is InChI=1S/C9H20N2O2/c1-4-11(5-2)7-6-9(12)10-8-13-3/h4-8H2,1-3H3,(H,10,12). The molecule has 0 aliphatic rings. The van der Waals surface area contributed by atoms with Crippen molar-refractivity contribution >= 4 is 5.91 Å². The normalized spacial score (nSPS) is 10.5. The highest BCUT2D eigenvalue weighted by Gasteiger charge is 2.03. The molecule has 0 saturated heterocycles. The predicted octanol–water partition coefficient (Wildman–Crippen LogP) is 0.438. The molecule has 13 heavy (non-hydrogen) atoms. The number of hydrogen-bond acceptors (Lipinski definition) is 3. The molecule has 0 unspecified atom stereocenters. The zero-order valence-electron chi connectivity index (χ0n) is 8.80. The van der Waals surface area contributed by atoms with E-state index >= 15 is 0 Å². The fourth-order valence-corrected chi connectivity index (χ4v) is 1.04. The maximum absolute atomic E-state index is 11.1. The molecule has 4 nitrogen and oxygen atoms in total. The molecule has 0 atom stereocenters. The number of amides is 1. The lowest BCUT2D eigenvalue weighted by atomic mass is 10.3. The minimum atomic E-state index is 0.0498. The summed E-state index contributed by atoms with van der Waals surface area (Å²) in [7, 11) is 1.56. The Balaban J connectivity index is 3.44. The van der Waals surface area contributed by atoms with E-state index in [0.717, 1.165) is 19.6 Å². The van der Waals surface area contributed by atoms with E-state index in [9.17, 15) is 4.79 Å². The third-order valence-electron chi connectivity index (χ3n) is 1.96. The summed E-state index contributed by atoms with van der Waals surface area (Å²) >= 11 is 0. The molecule has 0 aliphatic carbocycles. The second-order valence-electron chi connectivity index (χ2n) is 2.81. The summed E-state index contributed by atoms with van der Waals surface area (Å²) in [6, 6.07) is 0. The Bertz CT molecular complexity index is 136. The largest absolute Gasteiger partial charge is 0.364 e. The second kappa shape index (κ2) is 8.01. The molecule has 4 heteroatoms. The van der Waals surface area contributed by atoms with Crippen LogP contribution in [0.5, 0.6) is 0 Å². The highest BCUT2D eigenvalue weighted by Crippen LogP contribution is 1.90. The van der Waals surface area contributed by atoms with Crippen molar-refractivity contribution in [3.63, 3.8) is 0 Å². The van der Waals surface area contributed by atoms with Crippen LogP contribution in [0.1, 0.15) is 20.3 Å². The molecule has 0 bridgehead atoms. The van der Waals surface area contributed by atoms with Gasteiger partial charge in [0.2, 0.25) is 5.91 Å². The van der Waals surface area contributed by atoms with Gasteiger partial charge in [0.25, 0.3) is 0 Å². The van der Waals surface area contributed by atoms with Crippen LogP contribution in [0.4, 0.5) is 0 Å². The van der Waals surface area contributed by atoms with E-state index in [2.05, 4.69) is 24.1 Å². The first-order valence-corrected chi connectivity index (χ1v) is 4.72. The summed E-state index contributed by atoms with van der Waals surface area (Å²) in [5.74, 6) is 0.0498. The third kappa shape index (κ3) is 6.54. The van der Waals surface area contributed by atoms with Gasteiger partial charge in [-0.2, -0.15) is 0 Å². The number of nitrogens with zero attached hydrogens (tertiary/aromatic N) is 1. The van der Waals surface area contributed by atoms with Gasteiger partial charge in [-0.3, -0.25) is 4.79 Å². The molecule has 0 saturated carbocycles. The summed E-state index contributed by atoms with van der Waals surface area (Å²) in [6.07, 6.45) is 0.547. The lowest BCUT2D eigenvalue weighted by molar-refractivity contribution is -0.122. The molecule has 0 spiro atoms. The van der Waals surface area contributed by atoms with Crippen LogP contribution in [0.25, 0.3) is 0 Å². The van der Waals surface area contributed by atoms with Gasteiger partial charge in [0.1, 0.15) is 6.73 Å². The van der Waals surface area contributed by atoms with Crippen LogP contribution in [0.2, 0.25) is 0 Å². The van der Waals surface area contributed by atoms with Gasteiger partial charge in [0.05, 0.1) is 0 Å². The van der Waals surface area contributed by atoms with Crippen molar-refractivity contribution in [2.45, 2.75) is 20.3 Å². The Morgan fingerprint density at radius 3 is 2.46 bits per heavy atom. The first kappa shape index (κ1) is 12.4. The van der Waals surface area contributed by atoms with Crippen LogP contribution in [-0.2, 0) is 9.53 Å². The monoisotopic (exact) mass is 188 g/mol. The molecule has 0 aromatic carbocycles. The van der Waals surface area contributed by atoms with E-state index < -0.39 is 0 Å². The van der Waals surface area contributed by atoms with Crippen LogP contribution in [0.3, 0.4) is 0 Å². The molecule has 0 radical (unpaired) electrons. The van der Waals surface area contributed by atoms with E-state index in [-0.39, 0.29) is 5.91 Å². The van der Waals surface area contributed by atoms with Gasteiger partial charge in [-0.25, -0.2) is 0 Å². The quantitative estimate of drug-likeness (QED) is 0.589. The van der Waals surface area contributed by atoms with Crippen molar-refractivity contribution in [1.82, 2.24) is 10.2 Å². The highest BCUT2D eigenvalue weighted by molar-refractivity contribution is 5.75. The number of nitrogens with one attached hydrogen (secondary N) is 1. The number of rotatable bonds is 7. The van der Waals surface area contributed by atoms with Crippen molar-refractivity contribution in [3.05, 3.63) is 0 Å². The Hall–Kier alpha value is -0.610. The van der Waals surface area contributed by atoms with Gasteiger partial charge in [0.15, 0.2) is 0 Å². The maximum Gasteiger partial charge on any atom is 0.223 e. The lowest BCUT2D eigenvalue weighted by Gasteiger charge is -2.17. The van der Waals surface area contributed by atoms with E-state index in [1.165, 1.54) is 0 Å². The van der Waals surface area contributed by atoms with Gasteiger partial charge in [-0.15, -0.1) is 0 Å². The van der Waals surface area contributed by atoms with Crippen LogP contribution in [-0.4, -0.2) is 44.3 Å². The topological polar surface area (TPSA) is 41.6 Å². The molecule has 1 N–H and O–H groups in total. The molecule has 78 valence electrons. The van der Waals surface area contributed by atoms with E-state index in [4.69, 9.17) is 4.74 Å². The van der Waals surface area contributed by atoms with Crippen LogP contribution in [0, 0.1) is 0 Å². The average molecular weight is 188 g/mol. The molecule has 0 aliphatic heterocycles. The van der Waals surface area contributed by atoms with Crippen LogP contribution >= 0.6 is 0 Å². The molecule has 0 aromatic heterocycles. The number of ether oxygens (including phenoxy) is 1. The number of hydrogen-bond donors (Lipinski definition) is 1. The van der Waals surface area contributed by atoms with Crippen molar-refractivity contribution < 1.29 is 9.53 Å². The Morgan fingerprint density at radius 2 is 2.00 bits per heavy atom. The van der Waals surface area contributed by atoms with Gasteiger partial charge >= 0.3 is 0 Å². The molecular weight excluding hydrogens is 168 g/mol. The smallest absolute Gasteiger partial charge is 0.223 e. The van der Waals surface area contributed by atoms with Gasteiger partial charge < -0.3 is 15.0 Å². The maximum atomic E-state index is 11.1. The molecule has 0 heterocycles. The molecular formula is C9H20N2O2. The van der Waals surface area contributed by atoms with Crippen molar-refractivity contribution in [2.24, 2.45) is 0 Å². The molecule has 0 rings (SSSR count). The summed E-state index contributed by atoms with van der Waals surface area (Å²) < 4.78 is 4.73. The Labute approximate surface area is 80.2 Å². The predicted molar refractivity (Wildman–Crippen MR) is 52.4 cm³/mol. The zero-order chi connectivity index (χ0) is 10.1. The summed E-state index contributed by atoms with van der Waals surface area (Å²) in [5, 5.41) is 2.65. The van der Waals surface area contributed by atoms with Gasteiger partial charge in [-0.1, -0.05) is 13.8 Å². The highest BCUT2D eigenvalue weighted by atomic mass is 16.5. The SMILES string of the molecule is CCN(CC)CCC(=O)NCOC. The van der Waals surface area contributed by atoms with E-state index in [1.807, 2.05) is 0 Å². The van der Waals surface area contributed by atoms with Crippen LogP contribution < -0.4 is 5.32 Å². The average Bonchev–Trinajstić information content (AvgIpc) is 2.16. The van der Waals surface area contributed by atoms with Crippen molar-refractivity contribution in [3.8, 4) is 0 Å². The van der Waals surface area contributed by atoms with Gasteiger partial charge in [-0.05, 0) is 13.1 Å². The fourth-order valence-electron chi connectivity index (χ4n) is 1.04. The van der Waals surface area contributed by atoms with Crippen LogP contribution in [0.15, 0.2) is 0 Å². The molecule has 0 fully saturated rings. The lowest BCUT2D eigenvalue weighted by Crippen LogP contribution is -2.31. The van der Waals surface area contributed by atoms with E-state index in [1.54, 1.807) is 7.11 Å². The van der Waals surface area contributed by atoms with Crippen molar-refractivity contribution in [1.29, 1.82) is 0 Å². The Morgan fingerprint density at radius 1 is 1.38 bits per heavy atom. The molecule has 1 amide bonds. The number of carbonyl (C=O) groups excluding carboxylic acids is 1. The van der Waals surface area contributed by atoms with Crippen molar-refractivity contribution in [2.75, 3.05) is 33.5 Å². The second-order valence-corrected chi connectivity index (χ2v) is 2.81. The number of methoxy groups -OCH3 is 1. The number of carbonyl (C=O) groups is 1. The fraction of sp³-hybridized carbons (Fsp3) is 0.889. The summed E-state index contributed by atoms with van der Waals surface area (Å²) in [5.41, 5.74) is 0. The molecule has 0 aromatic rings. The summed E-state index contributed by atoms with van der Waals surface area (Å²) in [4.78, 5) is 13.3. The zero-order valence-corrected chi connectivity index (χ0v) is 8.80. The Kier molecular flexibility index (Phi) is 7.63. The van der Waals surface area contributed by atoms with E-state index in [0.29, 0.717) is 13.2 Å². The summed E-state index contributed by atoms with van der Waals surface area (Å²) in [6.45, 7) is 7.30. The third-order valence-corrected chi connectivity index (χ3v) is 1.96. The van der Waals surface area contributed by atoms with Gasteiger partial charge in [0, 0.05) is 20.1 Å².